The summed E-state index contributed by atoms with van der Waals surface area (Å²) in [4.78, 5) is 21.6. The molecule has 2 aliphatic rings. The number of hydrogen-bond acceptors (Lipinski definition) is 8. The van der Waals surface area contributed by atoms with Crippen molar-refractivity contribution in [3.8, 4) is 17.2 Å². The second-order valence-corrected chi connectivity index (χ2v) is 9.82. The van der Waals surface area contributed by atoms with Gasteiger partial charge in [-0.15, -0.1) is 11.3 Å². The van der Waals surface area contributed by atoms with Crippen LogP contribution in [0.3, 0.4) is 0 Å². The molecule has 3 heterocycles. The molecule has 2 aromatic carbocycles. The number of likely N-dealkylation sites (N-methyl/N-ethyl adjacent to an activating group) is 1. The summed E-state index contributed by atoms with van der Waals surface area (Å²) in [6, 6.07) is 13.7. The molecule has 5 rings (SSSR count). The van der Waals surface area contributed by atoms with E-state index in [1.165, 1.54) is 0 Å². The summed E-state index contributed by atoms with van der Waals surface area (Å²) in [5.41, 5.74) is 4.94. The number of amides is 1. The molecule has 0 aliphatic carbocycles. The molecule has 8 nitrogen and oxygen atoms in total. The highest BCUT2D eigenvalue weighted by Gasteiger charge is 2.35. The van der Waals surface area contributed by atoms with Gasteiger partial charge in [-0.1, -0.05) is 18.2 Å². The summed E-state index contributed by atoms with van der Waals surface area (Å²) in [5, 5.41) is 5.29. The van der Waals surface area contributed by atoms with Gasteiger partial charge in [0.2, 0.25) is 5.91 Å². The zero-order valence-corrected chi connectivity index (χ0v) is 20.8. The quantitative estimate of drug-likeness (QED) is 0.599. The van der Waals surface area contributed by atoms with E-state index in [9.17, 15) is 4.79 Å². The third-order valence-electron chi connectivity index (χ3n) is 6.24. The molecule has 1 aromatic heterocycles. The largest absolute Gasteiger partial charge is 0.493 e. The Balaban J connectivity index is 1.39. The average Bonchev–Trinajstić information content (AvgIpc) is 3.47. The maximum Gasteiger partial charge on any atom is 0.234 e. The minimum atomic E-state index is -0.117. The van der Waals surface area contributed by atoms with E-state index < -0.39 is 0 Å². The number of benzene rings is 2. The molecule has 0 saturated carbocycles. The van der Waals surface area contributed by atoms with Crippen LogP contribution in [0, 0.1) is 0 Å². The number of thiazole rings is 1. The number of nitrogens with zero attached hydrogens (tertiary/aromatic N) is 3. The number of carbonyl (C=O) groups is 1. The van der Waals surface area contributed by atoms with Crippen molar-refractivity contribution in [1.29, 1.82) is 0 Å². The second kappa shape index (κ2) is 10.7. The highest BCUT2D eigenvalue weighted by molar-refractivity contribution is 7.07. The van der Waals surface area contributed by atoms with E-state index in [0.717, 1.165) is 42.2 Å². The lowest BCUT2D eigenvalue weighted by Gasteiger charge is -2.23. The molecule has 0 radical (unpaired) electrons. The van der Waals surface area contributed by atoms with Crippen LogP contribution in [0.4, 0.5) is 0 Å². The molecule has 35 heavy (non-hydrogen) atoms. The molecule has 1 fully saturated rings. The van der Waals surface area contributed by atoms with Crippen LogP contribution < -0.4 is 14.8 Å². The van der Waals surface area contributed by atoms with Gasteiger partial charge < -0.3 is 19.5 Å². The van der Waals surface area contributed by atoms with Crippen molar-refractivity contribution in [2.45, 2.75) is 31.8 Å². The molecule has 2 atom stereocenters. The van der Waals surface area contributed by atoms with Crippen molar-refractivity contribution in [2.24, 2.45) is 0 Å². The van der Waals surface area contributed by atoms with E-state index in [4.69, 9.17) is 14.2 Å². The fraction of sp³-hybridized carbons (Fsp3) is 0.385. The second-order valence-electron chi connectivity index (χ2n) is 9.10. The number of nitrogens with one attached hydrogen (secondary N) is 1. The Kier molecular flexibility index (Phi) is 7.29. The Hall–Kier alpha value is -2.98. The van der Waals surface area contributed by atoms with Crippen molar-refractivity contribution in [3.63, 3.8) is 0 Å². The van der Waals surface area contributed by atoms with Gasteiger partial charge in [0.1, 0.15) is 5.75 Å². The number of likely N-dealkylation sites (tertiary alicyclic amines) is 1. The van der Waals surface area contributed by atoms with E-state index in [2.05, 4.69) is 20.6 Å². The molecular formula is C26H30N4O4S. The standard InChI is InChI=1S/C26H30N4O4S/c1-29-10-18-6-7-23(32-2)24(9-18)34-21-5-3-4-19(8-21)15-33-25-13-30(11-20-16-35-17-27-20)12-22(25)28-26(31)14-29/h3-9,16-17,22,25H,10-15H2,1-2H3,(H,28,31)/t22-,25-/m0/s1. The van der Waals surface area contributed by atoms with E-state index in [1.54, 1.807) is 18.4 Å². The molecular weight excluding hydrogens is 464 g/mol. The summed E-state index contributed by atoms with van der Waals surface area (Å²) < 4.78 is 18.1. The molecule has 0 spiro atoms. The minimum absolute atomic E-state index is 0.0133. The van der Waals surface area contributed by atoms with Crippen LogP contribution in [0.25, 0.3) is 0 Å². The first-order valence-electron chi connectivity index (χ1n) is 11.7. The van der Waals surface area contributed by atoms with Gasteiger partial charge in [-0.3, -0.25) is 14.6 Å². The maximum absolute atomic E-state index is 12.9. The third kappa shape index (κ3) is 5.99. The fourth-order valence-corrected chi connectivity index (χ4v) is 5.18. The number of hydrogen-bond donors (Lipinski definition) is 1. The molecule has 2 aliphatic heterocycles. The number of fused-ring (bicyclic) bond motifs is 5. The first kappa shape index (κ1) is 23.7. The zero-order chi connectivity index (χ0) is 24.2. The molecule has 1 saturated heterocycles. The first-order valence-corrected chi connectivity index (χ1v) is 12.6. The van der Waals surface area contributed by atoms with Crippen LogP contribution >= 0.6 is 11.3 Å². The Morgan fingerprint density at radius 2 is 2.09 bits per heavy atom. The van der Waals surface area contributed by atoms with E-state index in [-0.39, 0.29) is 24.6 Å². The predicted octanol–water partition coefficient (Wildman–Crippen LogP) is 3.28. The summed E-state index contributed by atoms with van der Waals surface area (Å²) in [6.07, 6.45) is -0.117. The smallest absolute Gasteiger partial charge is 0.234 e. The normalized spacial score (nSPS) is 21.7. The molecule has 4 bridgehead atoms. The van der Waals surface area contributed by atoms with Gasteiger partial charge in [0, 0.05) is 31.6 Å². The monoisotopic (exact) mass is 494 g/mol. The van der Waals surface area contributed by atoms with Crippen LogP contribution in [0.1, 0.15) is 16.8 Å². The SMILES string of the molecule is COc1ccc2cc1Oc1cccc(c1)CO[C@H]1CN(Cc3cscn3)C[C@@H]1NC(=O)CN(C)C2. The third-order valence-corrected chi connectivity index (χ3v) is 6.88. The number of methoxy groups -OCH3 is 1. The van der Waals surface area contributed by atoms with E-state index in [0.29, 0.717) is 24.7 Å². The van der Waals surface area contributed by atoms with Crippen LogP contribution in [0.5, 0.6) is 17.2 Å². The summed E-state index contributed by atoms with van der Waals surface area (Å²) in [5.74, 6) is 2.01. The maximum atomic E-state index is 12.9. The molecule has 1 amide bonds. The van der Waals surface area contributed by atoms with Gasteiger partial charge in [0.15, 0.2) is 11.5 Å². The van der Waals surface area contributed by atoms with Crippen LogP contribution in [0.2, 0.25) is 0 Å². The van der Waals surface area contributed by atoms with Crippen molar-refractivity contribution >= 4 is 17.2 Å². The molecule has 3 aromatic rings. The van der Waals surface area contributed by atoms with Crippen molar-refractivity contribution in [1.82, 2.24) is 20.1 Å². The Labute approximate surface area is 209 Å². The highest BCUT2D eigenvalue weighted by Crippen LogP contribution is 2.33. The summed E-state index contributed by atoms with van der Waals surface area (Å²) >= 11 is 1.59. The van der Waals surface area contributed by atoms with Gasteiger partial charge in [0.05, 0.1) is 43.6 Å². The lowest BCUT2D eigenvalue weighted by molar-refractivity contribution is -0.123. The number of rotatable bonds is 3. The van der Waals surface area contributed by atoms with Crippen molar-refractivity contribution in [2.75, 3.05) is 33.8 Å². The van der Waals surface area contributed by atoms with Gasteiger partial charge >= 0.3 is 0 Å². The molecule has 0 unspecified atom stereocenters. The number of ether oxygens (including phenoxy) is 3. The summed E-state index contributed by atoms with van der Waals surface area (Å²) in [6.45, 7) is 3.52. The topological polar surface area (TPSA) is 76.2 Å². The van der Waals surface area contributed by atoms with Crippen LogP contribution in [-0.2, 0) is 29.2 Å². The number of aromatic nitrogens is 1. The van der Waals surface area contributed by atoms with Crippen LogP contribution in [-0.4, -0.2) is 66.6 Å². The first-order chi connectivity index (χ1) is 17.1. The zero-order valence-electron chi connectivity index (χ0n) is 20.0. The average molecular weight is 495 g/mol. The minimum Gasteiger partial charge on any atom is -0.493 e. The van der Waals surface area contributed by atoms with Gasteiger partial charge in [-0.25, -0.2) is 4.98 Å². The van der Waals surface area contributed by atoms with Gasteiger partial charge in [-0.05, 0) is 42.4 Å². The van der Waals surface area contributed by atoms with Gasteiger partial charge in [-0.2, -0.15) is 0 Å². The number of carbonyl (C=O) groups excluding carboxylic acids is 1. The van der Waals surface area contributed by atoms with Gasteiger partial charge in [0.25, 0.3) is 0 Å². The van der Waals surface area contributed by atoms with Crippen molar-refractivity contribution in [3.05, 3.63) is 70.2 Å². The lowest BCUT2D eigenvalue weighted by atomic mass is 10.1. The van der Waals surface area contributed by atoms with Crippen molar-refractivity contribution < 1.29 is 19.0 Å². The van der Waals surface area contributed by atoms with E-state index in [1.807, 2.05) is 59.9 Å². The lowest BCUT2D eigenvalue weighted by Crippen LogP contribution is -2.47. The highest BCUT2D eigenvalue weighted by atomic mass is 32.1. The van der Waals surface area contributed by atoms with Crippen LogP contribution in [0.15, 0.2) is 53.4 Å². The molecule has 184 valence electrons. The Bertz CT molecular complexity index is 1160. The Morgan fingerprint density at radius 3 is 2.91 bits per heavy atom. The fourth-order valence-electron chi connectivity index (χ4n) is 4.63. The predicted molar refractivity (Wildman–Crippen MR) is 134 cm³/mol. The Morgan fingerprint density at radius 1 is 1.17 bits per heavy atom. The van der Waals surface area contributed by atoms with E-state index >= 15 is 0 Å². The molecule has 1 N–H and O–H groups in total. The molecule has 9 heteroatoms. The summed E-state index contributed by atoms with van der Waals surface area (Å²) in [7, 11) is 3.57.